The number of ether oxygens (including phenoxy) is 3. The highest BCUT2D eigenvalue weighted by Crippen LogP contribution is 2.35. The van der Waals surface area contributed by atoms with E-state index >= 15 is 0 Å². The fourth-order valence-electron chi connectivity index (χ4n) is 3.17. The monoisotopic (exact) mass is 434 g/mol. The van der Waals surface area contributed by atoms with Gasteiger partial charge < -0.3 is 24.4 Å². The lowest BCUT2D eigenvalue weighted by atomic mass is 9.97. The molecule has 10 heteroatoms. The Morgan fingerprint density at radius 3 is 2.43 bits per heavy atom. The first kappa shape index (κ1) is 21.6. The summed E-state index contributed by atoms with van der Waals surface area (Å²) in [6.45, 7) is 0.907. The van der Waals surface area contributed by atoms with Gasteiger partial charge in [-0.05, 0) is 18.9 Å². The standard InChI is InChI=1S/C20H23ClN4O5/c1-28-16-11-15(17(29-2)10-14(16)21)24-18(26)12-30-19(27)13-4-8-25(9-5-13)20-22-6-3-7-23-20/h3,6-7,10-11,13H,4-5,8-9,12H2,1-2H3,(H,24,26). The summed E-state index contributed by atoms with van der Waals surface area (Å²) in [6, 6.07) is 4.84. The number of hydrogen-bond donors (Lipinski definition) is 1. The number of aromatic nitrogens is 2. The van der Waals surface area contributed by atoms with Crippen molar-refractivity contribution in [1.82, 2.24) is 9.97 Å². The van der Waals surface area contributed by atoms with Crippen molar-refractivity contribution in [1.29, 1.82) is 0 Å². The third-order valence-corrected chi connectivity index (χ3v) is 5.05. The molecule has 0 bridgehead atoms. The second kappa shape index (κ2) is 10.1. The Balaban J connectivity index is 1.49. The molecule has 1 N–H and O–H groups in total. The molecule has 30 heavy (non-hydrogen) atoms. The molecule has 1 aliphatic heterocycles. The number of piperidine rings is 1. The third-order valence-electron chi connectivity index (χ3n) is 4.76. The van der Waals surface area contributed by atoms with Gasteiger partial charge in [-0.2, -0.15) is 0 Å². The Morgan fingerprint density at radius 1 is 1.13 bits per heavy atom. The zero-order valence-corrected chi connectivity index (χ0v) is 17.5. The van der Waals surface area contributed by atoms with Crippen LogP contribution in [0, 0.1) is 5.92 Å². The lowest BCUT2D eigenvalue weighted by Gasteiger charge is -2.30. The van der Waals surface area contributed by atoms with Crippen molar-refractivity contribution < 1.29 is 23.8 Å². The van der Waals surface area contributed by atoms with Crippen molar-refractivity contribution >= 4 is 35.1 Å². The molecule has 1 aromatic heterocycles. The zero-order chi connectivity index (χ0) is 21.5. The Kier molecular flexibility index (Phi) is 7.29. The van der Waals surface area contributed by atoms with Crippen molar-refractivity contribution in [2.45, 2.75) is 12.8 Å². The molecule has 0 unspecified atom stereocenters. The van der Waals surface area contributed by atoms with Gasteiger partial charge in [0.25, 0.3) is 5.91 Å². The number of benzene rings is 1. The van der Waals surface area contributed by atoms with Gasteiger partial charge in [-0.3, -0.25) is 9.59 Å². The maximum absolute atomic E-state index is 12.4. The lowest BCUT2D eigenvalue weighted by Crippen LogP contribution is -2.38. The predicted molar refractivity (Wildman–Crippen MR) is 111 cm³/mol. The molecule has 1 saturated heterocycles. The highest BCUT2D eigenvalue weighted by molar-refractivity contribution is 6.32. The van der Waals surface area contributed by atoms with Crippen LogP contribution in [0.4, 0.5) is 11.6 Å². The summed E-state index contributed by atoms with van der Waals surface area (Å²) < 4.78 is 15.6. The Hall–Kier alpha value is -3.07. The maximum atomic E-state index is 12.4. The Labute approximate surface area is 179 Å². The van der Waals surface area contributed by atoms with Gasteiger partial charge in [0.1, 0.15) is 11.5 Å². The number of carbonyl (C=O) groups is 2. The van der Waals surface area contributed by atoms with E-state index in [2.05, 4.69) is 15.3 Å². The van der Waals surface area contributed by atoms with E-state index in [1.54, 1.807) is 24.5 Å². The summed E-state index contributed by atoms with van der Waals surface area (Å²) in [4.78, 5) is 35.1. The van der Waals surface area contributed by atoms with Gasteiger partial charge >= 0.3 is 5.97 Å². The van der Waals surface area contributed by atoms with Crippen LogP contribution in [0.15, 0.2) is 30.6 Å². The number of halogens is 1. The van der Waals surface area contributed by atoms with Gasteiger partial charge in [-0.25, -0.2) is 9.97 Å². The largest absolute Gasteiger partial charge is 0.495 e. The second-order valence-electron chi connectivity index (χ2n) is 6.65. The molecule has 0 spiro atoms. The third kappa shape index (κ3) is 5.29. The van der Waals surface area contributed by atoms with Crippen molar-refractivity contribution in [3.8, 4) is 11.5 Å². The maximum Gasteiger partial charge on any atom is 0.309 e. The first-order valence-corrected chi connectivity index (χ1v) is 9.79. The molecule has 2 heterocycles. The van der Waals surface area contributed by atoms with Crippen LogP contribution in [0.2, 0.25) is 5.02 Å². The highest BCUT2D eigenvalue weighted by Gasteiger charge is 2.27. The number of anilines is 2. The fourth-order valence-corrected chi connectivity index (χ4v) is 3.40. The first-order chi connectivity index (χ1) is 14.5. The number of esters is 1. The molecule has 0 atom stereocenters. The van der Waals surface area contributed by atoms with E-state index in [1.165, 1.54) is 20.3 Å². The highest BCUT2D eigenvalue weighted by atomic mass is 35.5. The number of amides is 1. The van der Waals surface area contributed by atoms with E-state index in [1.807, 2.05) is 4.90 Å². The molecule has 3 rings (SSSR count). The summed E-state index contributed by atoms with van der Waals surface area (Å²) in [6.07, 6.45) is 4.60. The molecular weight excluding hydrogens is 412 g/mol. The fraction of sp³-hybridized carbons (Fsp3) is 0.400. The number of methoxy groups -OCH3 is 2. The van der Waals surface area contributed by atoms with E-state index in [9.17, 15) is 9.59 Å². The summed E-state index contributed by atoms with van der Waals surface area (Å²) in [5, 5.41) is 3.00. The molecular formula is C20H23ClN4O5. The van der Waals surface area contributed by atoms with Crippen LogP contribution in [0.1, 0.15) is 12.8 Å². The predicted octanol–water partition coefficient (Wildman–Crippen LogP) is 2.55. The number of nitrogens with zero attached hydrogens (tertiary/aromatic N) is 3. The van der Waals surface area contributed by atoms with Gasteiger partial charge in [0.05, 0.1) is 30.8 Å². The normalized spacial score (nSPS) is 14.2. The van der Waals surface area contributed by atoms with Crippen LogP contribution in [0.5, 0.6) is 11.5 Å². The van der Waals surface area contributed by atoms with Gasteiger partial charge in [0, 0.05) is 37.6 Å². The molecule has 1 aliphatic rings. The minimum absolute atomic E-state index is 0.261. The zero-order valence-electron chi connectivity index (χ0n) is 16.8. The topological polar surface area (TPSA) is 103 Å². The summed E-state index contributed by atoms with van der Waals surface area (Å²) in [5.74, 6) is 0.273. The molecule has 0 saturated carbocycles. The van der Waals surface area contributed by atoms with Crippen LogP contribution >= 0.6 is 11.6 Å². The lowest BCUT2D eigenvalue weighted by molar-refractivity contribution is -0.152. The smallest absolute Gasteiger partial charge is 0.309 e. The molecule has 0 radical (unpaired) electrons. The number of nitrogens with one attached hydrogen (secondary N) is 1. The van der Waals surface area contributed by atoms with Crippen LogP contribution in [-0.4, -0.2) is 55.8 Å². The number of rotatable bonds is 7. The van der Waals surface area contributed by atoms with Gasteiger partial charge in [0.15, 0.2) is 6.61 Å². The van der Waals surface area contributed by atoms with E-state index in [0.717, 1.165) is 0 Å². The van der Waals surface area contributed by atoms with Crippen molar-refractivity contribution in [2.24, 2.45) is 5.92 Å². The van der Waals surface area contributed by atoms with E-state index in [0.29, 0.717) is 54.1 Å². The summed E-state index contributed by atoms with van der Waals surface area (Å²) in [7, 11) is 2.93. The molecule has 1 fully saturated rings. The van der Waals surface area contributed by atoms with E-state index in [4.69, 9.17) is 25.8 Å². The van der Waals surface area contributed by atoms with E-state index < -0.39 is 12.5 Å². The minimum Gasteiger partial charge on any atom is -0.495 e. The number of hydrogen-bond acceptors (Lipinski definition) is 8. The average molecular weight is 435 g/mol. The van der Waals surface area contributed by atoms with Crippen LogP contribution in [0.3, 0.4) is 0 Å². The average Bonchev–Trinajstić information content (AvgIpc) is 2.79. The van der Waals surface area contributed by atoms with E-state index in [-0.39, 0.29) is 11.9 Å². The molecule has 1 aromatic carbocycles. The quantitative estimate of drug-likeness (QED) is 0.663. The van der Waals surface area contributed by atoms with Crippen molar-refractivity contribution in [2.75, 3.05) is 44.1 Å². The SMILES string of the molecule is COc1cc(NC(=O)COC(=O)C2CCN(c3ncccn3)CC2)c(OC)cc1Cl. The molecule has 9 nitrogen and oxygen atoms in total. The van der Waals surface area contributed by atoms with Crippen LogP contribution in [-0.2, 0) is 14.3 Å². The molecule has 160 valence electrons. The Bertz CT molecular complexity index is 888. The van der Waals surface area contributed by atoms with Crippen LogP contribution < -0.4 is 19.7 Å². The Morgan fingerprint density at radius 2 is 1.80 bits per heavy atom. The van der Waals surface area contributed by atoms with Gasteiger partial charge in [-0.15, -0.1) is 0 Å². The van der Waals surface area contributed by atoms with Crippen molar-refractivity contribution in [3.05, 3.63) is 35.6 Å². The molecule has 0 aliphatic carbocycles. The molecule has 1 amide bonds. The summed E-state index contributed by atoms with van der Waals surface area (Å²) in [5.41, 5.74) is 0.371. The van der Waals surface area contributed by atoms with Crippen LogP contribution in [0.25, 0.3) is 0 Å². The minimum atomic E-state index is -0.485. The van der Waals surface area contributed by atoms with Crippen molar-refractivity contribution in [3.63, 3.8) is 0 Å². The second-order valence-corrected chi connectivity index (χ2v) is 7.06. The van der Waals surface area contributed by atoms with Gasteiger partial charge in [-0.1, -0.05) is 11.6 Å². The number of carbonyl (C=O) groups excluding carboxylic acids is 2. The summed E-state index contributed by atoms with van der Waals surface area (Å²) >= 11 is 6.06. The van der Waals surface area contributed by atoms with Gasteiger partial charge in [0.2, 0.25) is 5.95 Å². The first-order valence-electron chi connectivity index (χ1n) is 9.41. The molecule has 2 aromatic rings.